The quantitative estimate of drug-likeness (QED) is 0.334. The number of nitrogens with zero attached hydrogens (tertiary/aromatic N) is 2. The van der Waals surface area contributed by atoms with E-state index in [0.717, 1.165) is 12.8 Å². The van der Waals surface area contributed by atoms with E-state index < -0.39 is 0 Å². The molecule has 3 heteroatoms. The van der Waals surface area contributed by atoms with Gasteiger partial charge in [0.1, 0.15) is 5.69 Å². The number of oxime groups is 1. The second-order valence-corrected chi connectivity index (χ2v) is 2.74. The summed E-state index contributed by atoms with van der Waals surface area (Å²) in [4.78, 5) is 4.15. The van der Waals surface area contributed by atoms with Crippen molar-refractivity contribution in [3.63, 3.8) is 0 Å². The van der Waals surface area contributed by atoms with Crippen molar-refractivity contribution in [2.75, 3.05) is 0 Å². The highest BCUT2D eigenvalue weighted by molar-refractivity contribution is 5.76. The maximum Gasteiger partial charge on any atom is 0.113 e. The van der Waals surface area contributed by atoms with E-state index >= 15 is 0 Å². The molecule has 0 saturated carbocycles. The van der Waals surface area contributed by atoms with E-state index in [2.05, 4.69) is 28.9 Å². The third-order valence-corrected chi connectivity index (χ3v) is 1.55. The minimum atomic E-state index is 0.607. The number of hydrogen-bond donors (Lipinski definition) is 1. The molecule has 1 rings (SSSR count). The van der Waals surface area contributed by atoms with E-state index in [9.17, 15) is 0 Å². The summed E-state index contributed by atoms with van der Waals surface area (Å²) < 4.78 is 0. The third-order valence-electron chi connectivity index (χ3n) is 1.55. The molecule has 3 nitrogen and oxygen atoms in total. The summed E-state index contributed by atoms with van der Waals surface area (Å²) in [5.41, 5.74) is 1.31. The SMILES string of the molecule is CCCC#Cc1cccc(/C=N\O)n1. The molecule has 1 heterocycles. The van der Waals surface area contributed by atoms with Crippen LogP contribution in [0.5, 0.6) is 0 Å². The van der Waals surface area contributed by atoms with Crippen molar-refractivity contribution in [3.05, 3.63) is 29.6 Å². The van der Waals surface area contributed by atoms with Crippen molar-refractivity contribution >= 4 is 6.21 Å². The van der Waals surface area contributed by atoms with Crippen molar-refractivity contribution in [3.8, 4) is 11.8 Å². The number of unbranched alkanes of at least 4 members (excludes halogenated alkanes) is 1. The molecule has 14 heavy (non-hydrogen) atoms. The fraction of sp³-hybridized carbons (Fsp3) is 0.273. The minimum Gasteiger partial charge on any atom is -0.411 e. The van der Waals surface area contributed by atoms with Crippen LogP contribution in [0.2, 0.25) is 0 Å². The van der Waals surface area contributed by atoms with Crippen LogP contribution in [-0.4, -0.2) is 16.4 Å². The molecule has 0 aliphatic carbocycles. The Bertz CT molecular complexity index is 374. The van der Waals surface area contributed by atoms with Gasteiger partial charge in [-0.25, -0.2) is 4.98 Å². The topological polar surface area (TPSA) is 45.5 Å². The van der Waals surface area contributed by atoms with Gasteiger partial charge in [0.05, 0.1) is 11.9 Å². The Morgan fingerprint density at radius 1 is 1.57 bits per heavy atom. The Kier molecular flexibility index (Phi) is 4.22. The summed E-state index contributed by atoms with van der Waals surface area (Å²) in [6.45, 7) is 2.08. The van der Waals surface area contributed by atoms with Crippen molar-refractivity contribution in [1.82, 2.24) is 4.98 Å². The van der Waals surface area contributed by atoms with Gasteiger partial charge in [0.15, 0.2) is 0 Å². The van der Waals surface area contributed by atoms with Crippen LogP contribution in [-0.2, 0) is 0 Å². The highest BCUT2D eigenvalue weighted by Crippen LogP contribution is 1.96. The van der Waals surface area contributed by atoms with Crippen LogP contribution in [0.4, 0.5) is 0 Å². The standard InChI is InChI=1S/C11H12N2O/c1-2-3-4-6-10-7-5-8-11(13-10)9-12-14/h5,7-9,14H,2-3H2,1H3/b12-9-. The summed E-state index contributed by atoms with van der Waals surface area (Å²) in [5, 5.41) is 11.2. The molecule has 0 aromatic carbocycles. The van der Waals surface area contributed by atoms with Crippen LogP contribution in [0.1, 0.15) is 31.2 Å². The molecule has 0 radical (unpaired) electrons. The lowest BCUT2D eigenvalue weighted by Gasteiger charge is -1.91. The average Bonchev–Trinajstić information content (AvgIpc) is 2.19. The largest absolute Gasteiger partial charge is 0.411 e. The van der Waals surface area contributed by atoms with Gasteiger partial charge in [0, 0.05) is 6.42 Å². The molecule has 0 aliphatic rings. The van der Waals surface area contributed by atoms with Gasteiger partial charge in [0.25, 0.3) is 0 Å². The van der Waals surface area contributed by atoms with Crippen LogP contribution >= 0.6 is 0 Å². The first kappa shape index (κ1) is 10.3. The maximum atomic E-state index is 8.32. The van der Waals surface area contributed by atoms with Crippen LogP contribution < -0.4 is 0 Å². The lowest BCUT2D eigenvalue weighted by molar-refractivity contribution is 0.321. The van der Waals surface area contributed by atoms with E-state index in [1.165, 1.54) is 6.21 Å². The van der Waals surface area contributed by atoms with Crippen molar-refractivity contribution < 1.29 is 5.21 Å². The molecule has 1 N–H and O–H groups in total. The predicted octanol–water partition coefficient (Wildman–Crippen LogP) is 2.04. The van der Waals surface area contributed by atoms with E-state index in [-0.39, 0.29) is 0 Å². The highest BCUT2D eigenvalue weighted by atomic mass is 16.4. The Balaban J connectivity index is 2.79. The molecule has 72 valence electrons. The van der Waals surface area contributed by atoms with E-state index in [1.807, 2.05) is 12.1 Å². The van der Waals surface area contributed by atoms with Gasteiger partial charge in [-0.05, 0) is 24.5 Å². The summed E-state index contributed by atoms with van der Waals surface area (Å²) in [5.74, 6) is 5.94. The molecule has 0 spiro atoms. The van der Waals surface area contributed by atoms with Crippen LogP contribution in [0.3, 0.4) is 0 Å². The number of hydrogen-bond acceptors (Lipinski definition) is 3. The fourth-order valence-electron chi connectivity index (χ4n) is 0.930. The molecule has 0 amide bonds. The summed E-state index contributed by atoms with van der Waals surface area (Å²) in [6, 6.07) is 5.42. The first-order valence-corrected chi connectivity index (χ1v) is 4.50. The Morgan fingerprint density at radius 3 is 3.14 bits per heavy atom. The first-order chi connectivity index (χ1) is 6.86. The molecule has 1 aromatic rings. The molecule has 0 aliphatic heterocycles. The maximum absolute atomic E-state index is 8.32. The monoisotopic (exact) mass is 188 g/mol. The molecule has 0 unspecified atom stereocenters. The molecule has 0 saturated heterocycles. The van der Waals surface area contributed by atoms with Gasteiger partial charge in [-0.1, -0.05) is 24.1 Å². The van der Waals surface area contributed by atoms with Gasteiger partial charge < -0.3 is 5.21 Å². The van der Waals surface area contributed by atoms with Crippen molar-refractivity contribution in [2.24, 2.45) is 5.16 Å². The zero-order valence-electron chi connectivity index (χ0n) is 8.07. The fourth-order valence-corrected chi connectivity index (χ4v) is 0.930. The Morgan fingerprint density at radius 2 is 2.43 bits per heavy atom. The lowest BCUT2D eigenvalue weighted by Crippen LogP contribution is -1.89. The number of pyridine rings is 1. The molecule has 0 fully saturated rings. The van der Waals surface area contributed by atoms with Crippen molar-refractivity contribution in [1.29, 1.82) is 0 Å². The average molecular weight is 188 g/mol. The summed E-state index contributed by atoms with van der Waals surface area (Å²) >= 11 is 0. The zero-order valence-corrected chi connectivity index (χ0v) is 8.07. The number of rotatable bonds is 2. The van der Waals surface area contributed by atoms with Crippen molar-refractivity contribution in [2.45, 2.75) is 19.8 Å². The second-order valence-electron chi connectivity index (χ2n) is 2.74. The normalized spacial score (nSPS) is 9.79. The van der Waals surface area contributed by atoms with Gasteiger partial charge in [-0.3, -0.25) is 0 Å². The van der Waals surface area contributed by atoms with Gasteiger partial charge in [-0.2, -0.15) is 0 Å². The van der Waals surface area contributed by atoms with Crippen LogP contribution in [0.15, 0.2) is 23.4 Å². The lowest BCUT2D eigenvalue weighted by atomic mass is 10.3. The highest BCUT2D eigenvalue weighted by Gasteiger charge is 1.91. The summed E-state index contributed by atoms with van der Waals surface area (Å²) in [7, 11) is 0. The number of aromatic nitrogens is 1. The van der Waals surface area contributed by atoms with E-state index in [0.29, 0.717) is 11.4 Å². The molecular weight excluding hydrogens is 176 g/mol. The van der Waals surface area contributed by atoms with Crippen LogP contribution in [0.25, 0.3) is 0 Å². The van der Waals surface area contributed by atoms with Gasteiger partial charge in [0.2, 0.25) is 0 Å². The predicted molar refractivity (Wildman–Crippen MR) is 55.4 cm³/mol. The minimum absolute atomic E-state index is 0.607. The zero-order chi connectivity index (χ0) is 10.2. The van der Waals surface area contributed by atoms with Gasteiger partial charge in [-0.15, -0.1) is 0 Å². The molecule has 1 aromatic heterocycles. The third kappa shape index (κ3) is 3.28. The first-order valence-electron chi connectivity index (χ1n) is 4.50. The Hall–Kier alpha value is -1.82. The molecule has 0 bridgehead atoms. The molecule has 0 atom stereocenters. The summed E-state index contributed by atoms with van der Waals surface area (Å²) in [6.07, 6.45) is 3.20. The second kappa shape index (κ2) is 5.76. The van der Waals surface area contributed by atoms with E-state index in [1.54, 1.807) is 6.07 Å². The molecular formula is C11H12N2O. The Labute approximate surface area is 83.5 Å². The van der Waals surface area contributed by atoms with E-state index in [4.69, 9.17) is 5.21 Å². The van der Waals surface area contributed by atoms with Crippen LogP contribution in [0, 0.1) is 11.8 Å². The van der Waals surface area contributed by atoms with Gasteiger partial charge >= 0.3 is 0 Å². The smallest absolute Gasteiger partial charge is 0.113 e.